The number of anilines is 1. The van der Waals surface area contributed by atoms with Crippen molar-refractivity contribution in [3.63, 3.8) is 0 Å². The summed E-state index contributed by atoms with van der Waals surface area (Å²) in [6.07, 6.45) is 3.46. The monoisotopic (exact) mass is 389 g/mol. The number of hydrogen-bond acceptors (Lipinski definition) is 4. The Morgan fingerprint density at radius 1 is 0.966 bits per heavy atom. The molecule has 0 radical (unpaired) electrons. The van der Waals surface area contributed by atoms with Crippen LogP contribution in [0.5, 0.6) is 0 Å². The number of rotatable bonds is 7. The van der Waals surface area contributed by atoms with Crippen molar-refractivity contribution in [2.75, 3.05) is 12.4 Å². The summed E-state index contributed by atoms with van der Waals surface area (Å²) >= 11 is 0. The Kier molecular flexibility index (Phi) is 6.53. The van der Waals surface area contributed by atoms with Crippen molar-refractivity contribution in [1.29, 1.82) is 0 Å². The quantitative estimate of drug-likeness (QED) is 0.351. The van der Waals surface area contributed by atoms with Gasteiger partial charge in [-0.2, -0.15) is 0 Å². The van der Waals surface area contributed by atoms with Crippen LogP contribution in [-0.4, -0.2) is 18.9 Å². The largest absolute Gasteiger partial charge is 0.465 e. The van der Waals surface area contributed by atoms with E-state index < -0.39 is 11.8 Å². The number of ether oxygens (including phenoxy) is 1. The van der Waals surface area contributed by atoms with Crippen LogP contribution >= 0.6 is 0 Å². The number of hydrogen-bond donors (Lipinski definition) is 1. The summed E-state index contributed by atoms with van der Waals surface area (Å²) in [5.41, 5.74) is 3.03. The van der Waals surface area contributed by atoms with Gasteiger partial charge in [0.2, 0.25) is 0 Å². The Bertz CT molecular complexity index is 1050. The number of ketones is 1. The molecule has 0 aliphatic rings. The fourth-order valence-corrected chi connectivity index (χ4v) is 2.95. The van der Waals surface area contributed by atoms with E-state index in [1.165, 1.54) is 31.5 Å². The zero-order valence-corrected chi connectivity index (χ0v) is 15.9. The molecule has 146 valence electrons. The first-order chi connectivity index (χ1) is 14.1. The molecule has 0 amide bonds. The van der Waals surface area contributed by atoms with E-state index >= 15 is 0 Å². The molecule has 1 N–H and O–H groups in total. The van der Waals surface area contributed by atoms with Crippen LogP contribution in [0.2, 0.25) is 0 Å². The van der Waals surface area contributed by atoms with E-state index in [2.05, 4.69) is 10.1 Å². The summed E-state index contributed by atoms with van der Waals surface area (Å²) in [7, 11) is 1.22. The van der Waals surface area contributed by atoms with Crippen molar-refractivity contribution < 1.29 is 18.7 Å². The van der Waals surface area contributed by atoms with Gasteiger partial charge in [-0.05, 0) is 35.7 Å². The van der Waals surface area contributed by atoms with E-state index in [1.54, 1.807) is 6.07 Å². The minimum Gasteiger partial charge on any atom is -0.465 e. The Labute approximate surface area is 168 Å². The molecule has 29 heavy (non-hydrogen) atoms. The zero-order chi connectivity index (χ0) is 20.6. The maximum absolute atomic E-state index is 13.4. The SMILES string of the molecule is COC(=O)c1cc(F)ccc1N/C=C/C(=O)c1ccccc1Cc1ccccc1. The third-order valence-electron chi connectivity index (χ3n) is 4.38. The van der Waals surface area contributed by atoms with Gasteiger partial charge in [-0.25, -0.2) is 9.18 Å². The lowest BCUT2D eigenvalue weighted by molar-refractivity contribution is 0.0601. The second-order valence-corrected chi connectivity index (χ2v) is 6.34. The first-order valence-electron chi connectivity index (χ1n) is 9.05. The van der Waals surface area contributed by atoms with E-state index in [1.807, 2.05) is 48.5 Å². The molecule has 0 atom stereocenters. The Hall–Kier alpha value is -3.73. The number of halogens is 1. The zero-order valence-electron chi connectivity index (χ0n) is 15.9. The number of esters is 1. The molecule has 0 aliphatic carbocycles. The Balaban J connectivity index is 1.76. The summed E-state index contributed by atoms with van der Waals surface area (Å²) in [5.74, 6) is -1.39. The van der Waals surface area contributed by atoms with Crippen molar-refractivity contribution in [3.05, 3.63) is 113 Å². The second-order valence-electron chi connectivity index (χ2n) is 6.34. The van der Waals surface area contributed by atoms with Crippen molar-refractivity contribution in [1.82, 2.24) is 0 Å². The van der Waals surface area contributed by atoms with E-state index in [0.717, 1.165) is 17.2 Å². The summed E-state index contributed by atoms with van der Waals surface area (Å²) in [6.45, 7) is 0. The number of nitrogens with one attached hydrogen (secondary N) is 1. The van der Waals surface area contributed by atoms with Crippen molar-refractivity contribution >= 4 is 17.4 Å². The van der Waals surface area contributed by atoms with Crippen LogP contribution in [0.15, 0.2) is 85.1 Å². The van der Waals surface area contributed by atoms with E-state index in [4.69, 9.17) is 0 Å². The van der Waals surface area contributed by atoms with Gasteiger partial charge in [-0.3, -0.25) is 4.79 Å². The van der Waals surface area contributed by atoms with Gasteiger partial charge in [-0.15, -0.1) is 0 Å². The van der Waals surface area contributed by atoms with Crippen LogP contribution in [0, 0.1) is 5.82 Å². The molecular weight excluding hydrogens is 369 g/mol. The summed E-state index contributed by atoms with van der Waals surface area (Å²) in [6, 6.07) is 21.1. The molecule has 0 heterocycles. The predicted octanol–water partition coefficient (Wildman–Crippen LogP) is 5.01. The van der Waals surface area contributed by atoms with Crippen LogP contribution in [0.4, 0.5) is 10.1 Å². The number of benzene rings is 3. The van der Waals surface area contributed by atoms with Crippen LogP contribution in [0.3, 0.4) is 0 Å². The highest BCUT2D eigenvalue weighted by atomic mass is 19.1. The second kappa shape index (κ2) is 9.46. The normalized spacial score (nSPS) is 10.7. The number of carbonyl (C=O) groups excluding carboxylic acids is 2. The molecule has 0 spiro atoms. The van der Waals surface area contributed by atoms with Gasteiger partial charge in [-0.1, -0.05) is 54.6 Å². The van der Waals surface area contributed by atoms with Gasteiger partial charge < -0.3 is 10.1 Å². The minimum atomic E-state index is -0.667. The van der Waals surface area contributed by atoms with Gasteiger partial charge in [0.15, 0.2) is 5.78 Å². The van der Waals surface area contributed by atoms with E-state index in [9.17, 15) is 14.0 Å². The highest BCUT2D eigenvalue weighted by molar-refractivity contribution is 6.06. The molecule has 5 heteroatoms. The fraction of sp³-hybridized carbons (Fsp3) is 0.0833. The molecule has 0 bridgehead atoms. The smallest absolute Gasteiger partial charge is 0.340 e. The van der Waals surface area contributed by atoms with Gasteiger partial charge in [0.1, 0.15) is 5.82 Å². The molecule has 3 rings (SSSR count). The van der Waals surface area contributed by atoms with Gasteiger partial charge in [0.05, 0.1) is 18.4 Å². The Morgan fingerprint density at radius 2 is 1.69 bits per heavy atom. The highest BCUT2D eigenvalue weighted by Crippen LogP contribution is 2.19. The molecular formula is C24H20FNO3. The van der Waals surface area contributed by atoms with E-state index in [0.29, 0.717) is 17.7 Å². The van der Waals surface area contributed by atoms with Crippen LogP contribution in [-0.2, 0) is 11.2 Å². The maximum Gasteiger partial charge on any atom is 0.340 e. The summed E-state index contributed by atoms with van der Waals surface area (Å²) < 4.78 is 18.1. The van der Waals surface area contributed by atoms with Gasteiger partial charge in [0, 0.05) is 17.8 Å². The molecule has 0 aliphatic heterocycles. The lowest BCUT2D eigenvalue weighted by Crippen LogP contribution is -2.06. The average Bonchev–Trinajstić information content (AvgIpc) is 2.75. The molecule has 3 aromatic carbocycles. The van der Waals surface area contributed by atoms with Crippen LogP contribution in [0.1, 0.15) is 31.8 Å². The maximum atomic E-state index is 13.4. The lowest BCUT2D eigenvalue weighted by atomic mass is 9.97. The first kappa shape index (κ1) is 20.0. The van der Waals surface area contributed by atoms with Gasteiger partial charge in [0.25, 0.3) is 0 Å². The molecule has 0 fully saturated rings. The number of methoxy groups -OCH3 is 1. The number of carbonyl (C=O) groups is 2. The average molecular weight is 389 g/mol. The lowest BCUT2D eigenvalue weighted by Gasteiger charge is -2.09. The summed E-state index contributed by atoms with van der Waals surface area (Å²) in [4.78, 5) is 24.5. The standard InChI is InChI=1S/C24H20FNO3/c1-29-24(28)21-16-19(25)11-12-22(21)26-14-13-23(27)20-10-6-5-9-18(20)15-17-7-3-2-4-8-17/h2-14,16,26H,15H2,1H3/b14-13+. The van der Waals surface area contributed by atoms with Crippen LogP contribution in [0.25, 0.3) is 0 Å². The molecule has 0 saturated carbocycles. The van der Waals surface area contributed by atoms with Crippen molar-refractivity contribution in [2.45, 2.75) is 6.42 Å². The molecule has 3 aromatic rings. The van der Waals surface area contributed by atoms with E-state index in [-0.39, 0.29) is 11.3 Å². The van der Waals surface area contributed by atoms with Crippen LogP contribution < -0.4 is 5.32 Å². The predicted molar refractivity (Wildman–Crippen MR) is 111 cm³/mol. The fourth-order valence-electron chi connectivity index (χ4n) is 2.95. The summed E-state index contributed by atoms with van der Waals surface area (Å²) in [5, 5.41) is 2.86. The molecule has 0 aromatic heterocycles. The minimum absolute atomic E-state index is 0.0501. The van der Waals surface area contributed by atoms with Crippen molar-refractivity contribution in [3.8, 4) is 0 Å². The number of allylic oxidation sites excluding steroid dienone is 1. The highest BCUT2D eigenvalue weighted by Gasteiger charge is 2.13. The molecule has 0 unspecified atom stereocenters. The third kappa shape index (κ3) is 5.17. The van der Waals surface area contributed by atoms with Gasteiger partial charge >= 0.3 is 5.97 Å². The Morgan fingerprint density at radius 3 is 2.45 bits per heavy atom. The van der Waals surface area contributed by atoms with Crippen molar-refractivity contribution in [2.24, 2.45) is 0 Å². The third-order valence-corrected chi connectivity index (χ3v) is 4.38. The molecule has 4 nitrogen and oxygen atoms in total. The first-order valence-corrected chi connectivity index (χ1v) is 9.05. The topological polar surface area (TPSA) is 55.4 Å². The molecule has 0 saturated heterocycles.